The molecule has 10 heavy (non-hydrogen) atoms. The van der Waals surface area contributed by atoms with Gasteiger partial charge in [0.05, 0.1) is 12.2 Å². The molecule has 1 heterocycles. The molecule has 1 rings (SSSR count). The maximum atomic E-state index is 9.28. The molecule has 0 aromatic rings. The van der Waals surface area contributed by atoms with Crippen molar-refractivity contribution in [1.82, 2.24) is 0 Å². The van der Waals surface area contributed by atoms with Crippen LogP contribution in [0.2, 0.25) is 0 Å². The minimum atomic E-state index is -0.343. The first-order chi connectivity index (χ1) is 4.84. The van der Waals surface area contributed by atoms with Crippen LogP contribution >= 0.6 is 0 Å². The molecule has 1 N–H and O–H groups in total. The summed E-state index contributed by atoms with van der Waals surface area (Å²) in [7, 11) is 0. The van der Waals surface area contributed by atoms with Crippen molar-refractivity contribution in [1.29, 1.82) is 0 Å². The number of hydrogen-bond donors (Lipinski definition) is 1. The minimum Gasteiger partial charge on any atom is -0.390 e. The maximum absolute atomic E-state index is 9.28. The Labute approximate surface area is 61.2 Å². The van der Waals surface area contributed by atoms with Gasteiger partial charge in [-0.05, 0) is 12.8 Å². The van der Waals surface area contributed by atoms with Crippen LogP contribution in [0, 0.1) is 12.3 Å². The highest BCUT2D eigenvalue weighted by Gasteiger charge is 2.22. The van der Waals surface area contributed by atoms with Crippen LogP contribution in [0.3, 0.4) is 0 Å². The number of terminal acetylenes is 1. The molecule has 2 unspecified atom stereocenters. The Hall–Kier alpha value is -0.520. The smallest absolute Gasteiger partial charge is 0.0942 e. The highest BCUT2D eigenvalue weighted by Crippen LogP contribution is 2.15. The van der Waals surface area contributed by atoms with Gasteiger partial charge in [-0.2, -0.15) is 0 Å². The number of hydrogen-bond acceptors (Lipinski definition) is 2. The quantitative estimate of drug-likeness (QED) is 0.539. The van der Waals surface area contributed by atoms with Gasteiger partial charge in [-0.15, -0.1) is 12.3 Å². The Morgan fingerprint density at radius 3 is 3.10 bits per heavy atom. The SMILES string of the molecule is C#CCC1OCCCC1O. The van der Waals surface area contributed by atoms with E-state index in [4.69, 9.17) is 11.2 Å². The van der Waals surface area contributed by atoms with Crippen molar-refractivity contribution < 1.29 is 9.84 Å². The van der Waals surface area contributed by atoms with Gasteiger partial charge in [0, 0.05) is 13.0 Å². The van der Waals surface area contributed by atoms with E-state index in [-0.39, 0.29) is 12.2 Å². The standard InChI is InChI=1S/C8H12O2/c1-2-4-8-7(9)5-3-6-10-8/h1,7-9H,3-6H2. The Kier molecular flexibility index (Phi) is 2.73. The maximum Gasteiger partial charge on any atom is 0.0942 e. The van der Waals surface area contributed by atoms with Crippen LogP contribution in [0.5, 0.6) is 0 Å². The van der Waals surface area contributed by atoms with E-state index in [1.54, 1.807) is 0 Å². The van der Waals surface area contributed by atoms with E-state index in [1.807, 2.05) is 0 Å². The second-order valence-electron chi connectivity index (χ2n) is 2.53. The monoisotopic (exact) mass is 140 g/mol. The third-order valence-corrected chi connectivity index (χ3v) is 1.72. The zero-order valence-corrected chi connectivity index (χ0v) is 5.92. The van der Waals surface area contributed by atoms with E-state index in [2.05, 4.69) is 5.92 Å². The molecule has 0 aromatic heterocycles. The van der Waals surface area contributed by atoms with Gasteiger partial charge in [0.1, 0.15) is 0 Å². The predicted molar refractivity (Wildman–Crippen MR) is 38.4 cm³/mol. The topological polar surface area (TPSA) is 29.5 Å². The molecule has 1 aliphatic rings. The summed E-state index contributed by atoms with van der Waals surface area (Å²) in [6, 6.07) is 0. The highest BCUT2D eigenvalue weighted by atomic mass is 16.5. The van der Waals surface area contributed by atoms with Gasteiger partial charge in [0.25, 0.3) is 0 Å². The van der Waals surface area contributed by atoms with Gasteiger partial charge in [-0.1, -0.05) is 0 Å². The van der Waals surface area contributed by atoms with E-state index in [0.29, 0.717) is 6.42 Å². The van der Waals surface area contributed by atoms with Crippen LogP contribution in [-0.4, -0.2) is 23.9 Å². The number of ether oxygens (including phenoxy) is 1. The molecule has 2 atom stereocenters. The van der Waals surface area contributed by atoms with E-state index < -0.39 is 0 Å². The first-order valence-electron chi connectivity index (χ1n) is 3.57. The molecule has 2 nitrogen and oxygen atoms in total. The Morgan fingerprint density at radius 2 is 2.50 bits per heavy atom. The molecule has 0 aromatic carbocycles. The third kappa shape index (κ3) is 1.73. The van der Waals surface area contributed by atoms with Gasteiger partial charge >= 0.3 is 0 Å². The second-order valence-corrected chi connectivity index (χ2v) is 2.53. The summed E-state index contributed by atoms with van der Waals surface area (Å²) in [4.78, 5) is 0. The Bertz CT molecular complexity index is 137. The molecule has 0 bridgehead atoms. The summed E-state index contributed by atoms with van der Waals surface area (Å²) in [6.45, 7) is 0.739. The molecular weight excluding hydrogens is 128 g/mol. The van der Waals surface area contributed by atoms with Crippen molar-refractivity contribution in [3.05, 3.63) is 0 Å². The highest BCUT2D eigenvalue weighted by molar-refractivity contribution is 4.90. The number of aliphatic hydroxyl groups excluding tert-OH is 1. The Morgan fingerprint density at radius 1 is 1.70 bits per heavy atom. The van der Waals surface area contributed by atoms with Crippen molar-refractivity contribution in [2.45, 2.75) is 31.5 Å². The zero-order chi connectivity index (χ0) is 7.40. The van der Waals surface area contributed by atoms with E-state index in [1.165, 1.54) is 0 Å². The van der Waals surface area contributed by atoms with Crippen LogP contribution < -0.4 is 0 Å². The van der Waals surface area contributed by atoms with Crippen LogP contribution in [-0.2, 0) is 4.74 Å². The second kappa shape index (κ2) is 3.60. The van der Waals surface area contributed by atoms with Crippen molar-refractivity contribution in [2.75, 3.05) is 6.61 Å². The molecule has 2 heteroatoms. The third-order valence-electron chi connectivity index (χ3n) is 1.72. The van der Waals surface area contributed by atoms with Gasteiger partial charge in [0.15, 0.2) is 0 Å². The van der Waals surface area contributed by atoms with Crippen molar-refractivity contribution >= 4 is 0 Å². The first-order valence-corrected chi connectivity index (χ1v) is 3.57. The lowest BCUT2D eigenvalue weighted by Gasteiger charge is -2.26. The van der Waals surface area contributed by atoms with Gasteiger partial charge in [-0.25, -0.2) is 0 Å². The van der Waals surface area contributed by atoms with Crippen molar-refractivity contribution in [3.63, 3.8) is 0 Å². The average Bonchev–Trinajstić information content (AvgIpc) is 1.94. The first kappa shape index (κ1) is 7.59. The summed E-state index contributed by atoms with van der Waals surface area (Å²) in [5, 5.41) is 9.28. The number of aliphatic hydroxyl groups is 1. The van der Waals surface area contributed by atoms with Crippen LogP contribution in [0.1, 0.15) is 19.3 Å². The molecule has 56 valence electrons. The lowest BCUT2D eigenvalue weighted by Crippen LogP contribution is -2.33. The molecule has 1 fully saturated rings. The van der Waals surface area contributed by atoms with Crippen LogP contribution in [0.25, 0.3) is 0 Å². The molecule has 0 radical (unpaired) electrons. The van der Waals surface area contributed by atoms with Gasteiger partial charge in [0.2, 0.25) is 0 Å². The van der Waals surface area contributed by atoms with E-state index in [0.717, 1.165) is 19.4 Å². The average molecular weight is 140 g/mol. The Balaban J connectivity index is 2.34. The zero-order valence-electron chi connectivity index (χ0n) is 5.92. The van der Waals surface area contributed by atoms with Gasteiger partial charge < -0.3 is 9.84 Å². The number of rotatable bonds is 1. The molecule has 0 saturated carbocycles. The van der Waals surface area contributed by atoms with Crippen molar-refractivity contribution in [2.24, 2.45) is 0 Å². The summed E-state index contributed by atoms with van der Waals surface area (Å²) in [5.74, 6) is 2.48. The molecule has 1 aliphatic heterocycles. The van der Waals surface area contributed by atoms with Crippen LogP contribution in [0.15, 0.2) is 0 Å². The summed E-state index contributed by atoms with van der Waals surface area (Å²) in [6.07, 6.45) is 6.93. The molecular formula is C8H12O2. The lowest BCUT2D eigenvalue weighted by molar-refractivity contribution is -0.0703. The largest absolute Gasteiger partial charge is 0.390 e. The van der Waals surface area contributed by atoms with E-state index in [9.17, 15) is 5.11 Å². The fraction of sp³-hybridized carbons (Fsp3) is 0.750. The molecule has 0 spiro atoms. The van der Waals surface area contributed by atoms with Crippen molar-refractivity contribution in [3.8, 4) is 12.3 Å². The molecule has 0 aliphatic carbocycles. The summed E-state index contributed by atoms with van der Waals surface area (Å²) >= 11 is 0. The predicted octanol–water partition coefficient (Wildman–Crippen LogP) is 0.550. The summed E-state index contributed by atoms with van der Waals surface area (Å²) < 4.78 is 5.24. The molecule has 1 saturated heterocycles. The minimum absolute atomic E-state index is 0.112. The normalized spacial score (nSPS) is 33.2. The lowest BCUT2D eigenvalue weighted by atomic mass is 10.0. The fourth-order valence-electron chi connectivity index (χ4n) is 1.14. The van der Waals surface area contributed by atoms with Gasteiger partial charge in [-0.3, -0.25) is 0 Å². The molecule has 0 amide bonds. The fourth-order valence-corrected chi connectivity index (χ4v) is 1.14. The van der Waals surface area contributed by atoms with Crippen LogP contribution in [0.4, 0.5) is 0 Å². The summed E-state index contributed by atoms with van der Waals surface area (Å²) in [5.41, 5.74) is 0. The van der Waals surface area contributed by atoms with E-state index >= 15 is 0 Å².